The van der Waals surface area contributed by atoms with Gasteiger partial charge in [0.05, 0.1) is 5.60 Å². The SMILES string of the molecule is CCN1CC[C@@]2(O)[C@H]3Cc4ccc(O)cc4[C@@]2(CCN3CC2CC2)CC(=O)N(CC)C1=O. The van der Waals surface area contributed by atoms with E-state index in [2.05, 4.69) is 4.90 Å². The molecule has 2 N–H and O–H groups in total. The van der Waals surface area contributed by atoms with E-state index in [1.54, 1.807) is 17.0 Å². The maximum atomic E-state index is 13.6. The lowest BCUT2D eigenvalue weighted by Crippen LogP contribution is -2.72. The second kappa shape index (κ2) is 7.73. The summed E-state index contributed by atoms with van der Waals surface area (Å²) in [5.41, 5.74) is 0.0444. The molecule has 0 unspecified atom stereocenters. The summed E-state index contributed by atoms with van der Waals surface area (Å²) >= 11 is 0. The summed E-state index contributed by atoms with van der Waals surface area (Å²) in [7, 11) is 0. The van der Waals surface area contributed by atoms with Crippen molar-refractivity contribution in [2.24, 2.45) is 5.92 Å². The summed E-state index contributed by atoms with van der Waals surface area (Å²) < 4.78 is 0. The van der Waals surface area contributed by atoms with Crippen molar-refractivity contribution in [3.8, 4) is 5.75 Å². The first kappa shape index (κ1) is 21.7. The van der Waals surface area contributed by atoms with Gasteiger partial charge in [0, 0.05) is 44.1 Å². The normalized spacial score (nSPS) is 33.3. The lowest BCUT2D eigenvalue weighted by Gasteiger charge is -2.62. The Morgan fingerprint density at radius 1 is 1.09 bits per heavy atom. The molecule has 2 aliphatic carbocycles. The van der Waals surface area contributed by atoms with Crippen molar-refractivity contribution in [3.05, 3.63) is 29.3 Å². The highest BCUT2D eigenvalue weighted by Gasteiger charge is 2.64. The fourth-order valence-electron chi connectivity index (χ4n) is 6.62. The summed E-state index contributed by atoms with van der Waals surface area (Å²) in [6.07, 6.45) is 4.36. The fourth-order valence-corrected chi connectivity index (χ4v) is 6.62. The molecule has 0 spiro atoms. The summed E-state index contributed by atoms with van der Waals surface area (Å²) in [5.74, 6) is 0.627. The van der Waals surface area contributed by atoms with Gasteiger partial charge in [-0.2, -0.15) is 0 Å². The first-order valence-electron chi connectivity index (χ1n) is 12.2. The molecule has 2 aliphatic heterocycles. The number of imide groups is 1. The van der Waals surface area contributed by atoms with Crippen LogP contribution in [-0.2, 0) is 16.6 Å². The van der Waals surface area contributed by atoms with Crippen LogP contribution < -0.4 is 0 Å². The maximum Gasteiger partial charge on any atom is 0.326 e. The van der Waals surface area contributed by atoms with Gasteiger partial charge in [0.15, 0.2) is 0 Å². The number of aliphatic hydroxyl groups is 1. The molecule has 7 heteroatoms. The van der Waals surface area contributed by atoms with Crippen LogP contribution in [0.15, 0.2) is 18.2 Å². The van der Waals surface area contributed by atoms with E-state index in [9.17, 15) is 19.8 Å². The van der Waals surface area contributed by atoms with Gasteiger partial charge in [0.25, 0.3) is 0 Å². The highest BCUT2D eigenvalue weighted by molar-refractivity contribution is 5.95. The molecule has 7 nitrogen and oxygen atoms in total. The summed E-state index contributed by atoms with van der Waals surface area (Å²) in [5, 5.41) is 22.9. The van der Waals surface area contributed by atoms with Gasteiger partial charge in [-0.15, -0.1) is 0 Å². The Morgan fingerprint density at radius 3 is 2.56 bits per heavy atom. The van der Waals surface area contributed by atoms with Crippen LogP contribution >= 0.6 is 0 Å². The molecule has 2 heterocycles. The van der Waals surface area contributed by atoms with Gasteiger partial charge in [-0.1, -0.05) is 6.07 Å². The minimum Gasteiger partial charge on any atom is -0.508 e. The average molecular weight is 442 g/mol. The van der Waals surface area contributed by atoms with Gasteiger partial charge in [-0.05, 0) is 81.7 Å². The molecular formula is C25H35N3O4. The van der Waals surface area contributed by atoms with Crippen molar-refractivity contribution < 1.29 is 19.8 Å². The molecule has 2 bridgehead atoms. The molecule has 4 aliphatic rings. The Bertz CT molecular complexity index is 932. The number of hydrogen-bond donors (Lipinski definition) is 2. The van der Waals surface area contributed by atoms with Crippen LogP contribution in [0.3, 0.4) is 0 Å². The standard InChI is InChI=1S/C25H35N3O4/c1-3-26-12-10-25(32)21-13-18-7-8-19(29)14-20(18)24(25,9-11-27(21)16-17-5-6-17)15-22(30)28(4-2)23(26)31/h7-8,14,17,21,29,32H,3-6,9-13,15-16H2,1-2H3/t21-,24-,25-/m1/s1. The van der Waals surface area contributed by atoms with E-state index in [-0.39, 0.29) is 30.2 Å². The Morgan fingerprint density at radius 2 is 1.88 bits per heavy atom. The fraction of sp³-hybridized carbons (Fsp3) is 0.680. The quantitative estimate of drug-likeness (QED) is 0.750. The predicted molar refractivity (Wildman–Crippen MR) is 120 cm³/mol. The lowest BCUT2D eigenvalue weighted by molar-refractivity contribution is -0.162. The number of urea groups is 1. The molecule has 3 fully saturated rings. The van der Waals surface area contributed by atoms with Crippen LogP contribution in [0, 0.1) is 5.92 Å². The van der Waals surface area contributed by atoms with Gasteiger partial charge in [-0.25, -0.2) is 4.79 Å². The average Bonchev–Trinajstić information content (AvgIpc) is 3.57. The number of nitrogens with zero attached hydrogens (tertiary/aromatic N) is 3. The van der Waals surface area contributed by atoms with Gasteiger partial charge in [-0.3, -0.25) is 14.6 Å². The number of likely N-dealkylation sites (tertiary alicyclic amines) is 1. The van der Waals surface area contributed by atoms with E-state index < -0.39 is 11.0 Å². The van der Waals surface area contributed by atoms with E-state index in [1.165, 1.54) is 17.7 Å². The number of aromatic hydroxyl groups is 1. The van der Waals surface area contributed by atoms with Crippen molar-refractivity contribution in [2.45, 2.75) is 69.4 Å². The minimum absolute atomic E-state index is 0.0882. The summed E-state index contributed by atoms with van der Waals surface area (Å²) in [6.45, 7) is 6.78. The van der Waals surface area contributed by atoms with E-state index >= 15 is 0 Å². The summed E-state index contributed by atoms with van der Waals surface area (Å²) in [6, 6.07) is 5.06. The number of carbonyl (C=O) groups is 2. The number of hydrogen-bond acceptors (Lipinski definition) is 5. The number of fused-ring (bicyclic) bond motifs is 1. The van der Waals surface area contributed by atoms with Crippen molar-refractivity contribution in [3.63, 3.8) is 0 Å². The molecule has 174 valence electrons. The zero-order chi connectivity index (χ0) is 22.7. The molecule has 32 heavy (non-hydrogen) atoms. The van der Waals surface area contributed by atoms with Crippen LogP contribution in [0.1, 0.15) is 57.1 Å². The first-order chi connectivity index (χ1) is 15.3. The van der Waals surface area contributed by atoms with Gasteiger partial charge in [0.2, 0.25) is 5.91 Å². The number of piperidine rings is 1. The molecule has 3 atom stereocenters. The van der Waals surface area contributed by atoms with Gasteiger partial charge >= 0.3 is 6.03 Å². The van der Waals surface area contributed by atoms with Crippen molar-refractivity contribution in [1.82, 2.24) is 14.7 Å². The highest BCUT2D eigenvalue weighted by atomic mass is 16.3. The molecule has 0 radical (unpaired) electrons. The van der Waals surface area contributed by atoms with Crippen molar-refractivity contribution in [2.75, 3.05) is 32.7 Å². The zero-order valence-electron chi connectivity index (χ0n) is 19.2. The smallest absolute Gasteiger partial charge is 0.326 e. The number of phenols is 1. The molecule has 1 aromatic carbocycles. The number of phenolic OH excluding ortho intramolecular Hbond substituents is 1. The molecular weight excluding hydrogens is 406 g/mol. The lowest BCUT2D eigenvalue weighted by atomic mass is 9.52. The third-order valence-electron chi connectivity index (χ3n) is 8.57. The van der Waals surface area contributed by atoms with Gasteiger partial charge in [0.1, 0.15) is 5.75 Å². The zero-order valence-corrected chi connectivity index (χ0v) is 19.2. The third kappa shape index (κ3) is 3.16. The molecule has 3 amide bonds. The number of benzene rings is 1. The van der Waals surface area contributed by atoms with Crippen LogP contribution in [0.2, 0.25) is 0 Å². The van der Waals surface area contributed by atoms with Crippen molar-refractivity contribution in [1.29, 1.82) is 0 Å². The van der Waals surface area contributed by atoms with E-state index in [1.807, 2.05) is 19.9 Å². The van der Waals surface area contributed by atoms with Crippen LogP contribution in [0.25, 0.3) is 0 Å². The first-order valence-corrected chi connectivity index (χ1v) is 12.2. The molecule has 1 aromatic rings. The topological polar surface area (TPSA) is 84.3 Å². The van der Waals surface area contributed by atoms with Gasteiger partial charge < -0.3 is 15.1 Å². The maximum absolute atomic E-state index is 13.6. The Balaban J connectivity index is 1.66. The van der Waals surface area contributed by atoms with Crippen molar-refractivity contribution >= 4 is 11.9 Å². The molecule has 0 aromatic heterocycles. The second-order valence-electron chi connectivity index (χ2n) is 10.2. The van der Waals surface area contributed by atoms with Crippen LogP contribution in [0.4, 0.5) is 4.79 Å². The van der Waals surface area contributed by atoms with Crippen LogP contribution in [-0.4, -0.2) is 81.2 Å². The van der Waals surface area contributed by atoms with E-state index in [0.29, 0.717) is 44.8 Å². The molecule has 5 rings (SSSR count). The third-order valence-corrected chi connectivity index (χ3v) is 8.57. The Labute approximate surface area is 190 Å². The Hall–Kier alpha value is -2.12. The summed E-state index contributed by atoms with van der Waals surface area (Å²) in [4.78, 5) is 32.2. The highest BCUT2D eigenvalue weighted by Crippen LogP contribution is 2.56. The molecule has 1 saturated carbocycles. The van der Waals surface area contributed by atoms with Crippen LogP contribution in [0.5, 0.6) is 5.75 Å². The predicted octanol–water partition coefficient (Wildman–Crippen LogP) is 2.49. The minimum atomic E-state index is -1.14. The monoisotopic (exact) mass is 441 g/mol. The largest absolute Gasteiger partial charge is 0.508 e. The Kier molecular flexibility index (Phi) is 5.25. The number of amides is 3. The molecule has 2 saturated heterocycles. The number of rotatable bonds is 4. The van der Waals surface area contributed by atoms with E-state index in [0.717, 1.165) is 24.2 Å². The number of carbonyl (C=O) groups excluding carboxylic acids is 2. The second-order valence-corrected chi connectivity index (χ2v) is 10.2. The van der Waals surface area contributed by atoms with E-state index in [4.69, 9.17) is 0 Å².